The van der Waals surface area contributed by atoms with Crippen LogP contribution in [0.25, 0.3) is 5.69 Å². The van der Waals surface area contributed by atoms with Crippen LogP contribution in [0.15, 0.2) is 42.3 Å². The van der Waals surface area contributed by atoms with E-state index in [1.165, 1.54) is 25.5 Å². The van der Waals surface area contributed by atoms with E-state index < -0.39 is 0 Å². The van der Waals surface area contributed by atoms with E-state index in [0.717, 1.165) is 11.4 Å². The average molecular weight is 464 g/mol. The smallest absolute Gasteiger partial charge is 0.155 e. The standard InChI is InChI=1S/C11H11N2.C5H8O2.Ir/c1-9-8-13(12-10(9)2)11-6-4-3-5-7-11;1-4(6)3-5(2)7;/h3-6,8H,1-2H3;3,6H,1-2H3;/q-1;;/b;4-3-;. The van der Waals surface area contributed by atoms with Crippen molar-refractivity contribution in [3.8, 4) is 5.69 Å². The second-order valence-electron chi connectivity index (χ2n) is 4.49. The number of ketones is 1. The molecule has 1 aromatic heterocycles. The number of benzene rings is 1. The molecule has 2 rings (SSSR count). The summed E-state index contributed by atoms with van der Waals surface area (Å²) in [5.41, 5.74) is 3.26. The van der Waals surface area contributed by atoms with Crippen LogP contribution < -0.4 is 0 Å². The molecule has 1 radical (unpaired) electrons. The molecule has 21 heavy (non-hydrogen) atoms. The summed E-state index contributed by atoms with van der Waals surface area (Å²) in [6.45, 7) is 6.91. The largest absolute Gasteiger partial charge is 0.512 e. The predicted octanol–water partition coefficient (Wildman–Crippen LogP) is 3.32. The number of nitrogens with zero attached hydrogens (tertiary/aromatic N) is 2. The Morgan fingerprint density at radius 2 is 2.00 bits per heavy atom. The summed E-state index contributed by atoms with van der Waals surface area (Å²) in [6.07, 6.45) is 3.18. The van der Waals surface area contributed by atoms with Gasteiger partial charge in [-0.25, -0.2) is 0 Å². The van der Waals surface area contributed by atoms with Crippen LogP contribution >= 0.6 is 0 Å². The summed E-state index contributed by atoms with van der Waals surface area (Å²) in [7, 11) is 0. The summed E-state index contributed by atoms with van der Waals surface area (Å²) in [5, 5.41) is 12.7. The van der Waals surface area contributed by atoms with Crippen LogP contribution in [-0.2, 0) is 24.9 Å². The van der Waals surface area contributed by atoms with Crippen LogP contribution in [0.2, 0.25) is 0 Å². The maximum absolute atomic E-state index is 10.0. The molecule has 0 aliphatic carbocycles. The van der Waals surface area contributed by atoms with Gasteiger partial charge in [0.25, 0.3) is 0 Å². The Kier molecular flexibility index (Phi) is 8.51. The average Bonchev–Trinajstić information content (AvgIpc) is 2.70. The van der Waals surface area contributed by atoms with Crippen molar-refractivity contribution in [2.45, 2.75) is 27.7 Å². The minimum Gasteiger partial charge on any atom is -0.512 e. The Morgan fingerprint density at radius 1 is 1.33 bits per heavy atom. The van der Waals surface area contributed by atoms with Crippen molar-refractivity contribution in [2.24, 2.45) is 0 Å². The number of hydrogen-bond donors (Lipinski definition) is 1. The van der Waals surface area contributed by atoms with Crippen molar-refractivity contribution in [2.75, 3.05) is 0 Å². The van der Waals surface area contributed by atoms with Gasteiger partial charge in [0.2, 0.25) is 0 Å². The van der Waals surface area contributed by atoms with Gasteiger partial charge in [-0.1, -0.05) is 0 Å². The van der Waals surface area contributed by atoms with Crippen LogP contribution in [0.4, 0.5) is 0 Å². The summed E-state index contributed by atoms with van der Waals surface area (Å²) < 4.78 is 1.85. The van der Waals surface area contributed by atoms with Crippen molar-refractivity contribution >= 4 is 5.78 Å². The minimum atomic E-state index is -0.125. The van der Waals surface area contributed by atoms with E-state index in [-0.39, 0.29) is 31.6 Å². The number of aryl methyl sites for hydroxylation is 2. The Balaban J connectivity index is 0.000000436. The molecular weight excluding hydrogens is 444 g/mol. The number of carbonyl (C=O) groups excluding carboxylic acids is 1. The molecule has 115 valence electrons. The third-order valence-electron chi connectivity index (χ3n) is 2.50. The van der Waals surface area contributed by atoms with E-state index in [0.29, 0.717) is 0 Å². The first-order chi connectivity index (χ1) is 9.40. The first-order valence-electron chi connectivity index (χ1n) is 6.28. The molecule has 0 amide bonds. The maximum atomic E-state index is 10.0. The van der Waals surface area contributed by atoms with Gasteiger partial charge in [0.1, 0.15) is 0 Å². The maximum Gasteiger partial charge on any atom is 0.155 e. The molecule has 2 aromatic rings. The third kappa shape index (κ3) is 7.02. The zero-order valence-corrected chi connectivity index (χ0v) is 14.9. The van der Waals surface area contributed by atoms with Crippen molar-refractivity contribution in [3.63, 3.8) is 0 Å². The molecule has 0 saturated heterocycles. The van der Waals surface area contributed by atoms with Crippen LogP contribution in [0.5, 0.6) is 0 Å². The molecule has 0 fully saturated rings. The first-order valence-corrected chi connectivity index (χ1v) is 6.28. The van der Waals surface area contributed by atoms with Gasteiger partial charge in [0, 0.05) is 32.4 Å². The van der Waals surface area contributed by atoms with Gasteiger partial charge in [0.05, 0.1) is 11.5 Å². The third-order valence-corrected chi connectivity index (χ3v) is 2.50. The van der Waals surface area contributed by atoms with Crippen molar-refractivity contribution < 1.29 is 30.0 Å². The normalized spacial score (nSPS) is 10.2. The molecule has 0 atom stereocenters. The van der Waals surface area contributed by atoms with Crippen molar-refractivity contribution in [1.29, 1.82) is 0 Å². The molecule has 0 aliphatic rings. The van der Waals surface area contributed by atoms with E-state index in [4.69, 9.17) is 5.11 Å². The summed E-state index contributed by atoms with van der Waals surface area (Å²) >= 11 is 0. The number of hydrogen-bond acceptors (Lipinski definition) is 3. The Bertz CT molecular complexity index is 580. The van der Waals surface area contributed by atoms with Gasteiger partial charge >= 0.3 is 0 Å². The molecule has 4 nitrogen and oxygen atoms in total. The Hall–Kier alpha value is -1.71. The summed E-state index contributed by atoms with van der Waals surface area (Å²) in [6, 6.07) is 10.9. The number of allylic oxidation sites excluding steroid dienone is 2. The Labute approximate surface area is 138 Å². The molecular formula is C16H19IrN2O2-. The Morgan fingerprint density at radius 3 is 2.33 bits per heavy atom. The molecule has 1 heterocycles. The molecule has 0 unspecified atom stereocenters. The quantitative estimate of drug-likeness (QED) is 0.422. The summed E-state index contributed by atoms with van der Waals surface area (Å²) in [4.78, 5) is 10.0. The van der Waals surface area contributed by atoms with Crippen molar-refractivity contribution in [3.05, 3.63) is 59.6 Å². The molecule has 0 spiro atoms. The number of rotatable bonds is 2. The first kappa shape index (κ1) is 19.3. The SMILES string of the molecule is CC(=O)/C=C(/C)O.Cc1cn(-c2[c-]cccc2)nc1C.[Ir]. The second kappa shape index (κ2) is 9.27. The molecule has 1 N–H and O–H groups in total. The summed E-state index contributed by atoms with van der Waals surface area (Å²) in [5.74, 6) is -0.0625. The van der Waals surface area contributed by atoms with Crippen LogP contribution in [0, 0.1) is 19.9 Å². The van der Waals surface area contributed by atoms with Gasteiger partial charge in [-0.2, -0.15) is 29.4 Å². The molecule has 5 heteroatoms. The van der Waals surface area contributed by atoms with E-state index in [1.807, 2.05) is 42.1 Å². The number of aliphatic hydroxyl groups is 1. The van der Waals surface area contributed by atoms with Crippen LogP contribution in [-0.4, -0.2) is 20.7 Å². The zero-order chi connectivity index (χ0) is 15.1. The second-order valence-corrected chi connectivity index (χ2v) is 4.49. The van der Waals surface area contributed by atoms with E-state index in [1.54, 1.807) is 0 Å². The number of carbonyl (C=O) groups is 1. The topological polar surface area (TPSA) is 55.1 Å². The number of aliphatic hydroxyl groups excluding tert-OH is 1. The van der Waals surface area contributed by atoms with Gasteiger partial charge in [-0.15, -0.1) is 6.07 Å². The van der Waals surface area contributed by atoms with Gasteiger partial charge in [-0.05, 0) is 38.9 Å². The minimum absolute atomic E-state index is 0. The fourth-order valence-corrected chi connectivity index (χ4v) is 1.49. The number of aromatic nitrogens is 2. The van der Waals surface area contributed by atoms with Gasteiger partial charge < -0.3 is 5.11 Å². The van der Waals surface area contributed by atoms with E-state index in [2.05, 4.69) is 18.1 Å². The molecule has 0 aliphatic heterocycles. The fourth-order valence-electron chi connectivity index (χ4n) is 1.49. The van der Waals surface area contributed by atoms with E-state index in [9.17, 15) is 4.79 Å². The number of para-hydroxylation sites is 1. The van der Waals surface area contributed by atoms with Crippen LogP contribution in [0.3, 0.4) is 0 Å². The predicted molar refractivity (Wildman–Crippen MR) is 78.9 cm³/mol. The molecule has 0 saturated carbocycles. The molecule has 0 bridgehead atoms. The van der Waals surface area contributed by atoms with E-state index >= 15 is 0 Å². The van der Waals surface area contributed by atoms with Crippen molar-refractivity contribution in [1.82, 2.24) is 9.78 Å². The van der Waals surface area contributed by atoms with Crippen LogP contribution in [0.1, 0.15) is 25.1 Å². The monoisotopic (exact) mass is 464 g/mol. The molecule has 1 aromatic carbocycles. The fraction of sp³-hybridized carbons (Fsp3) is 0.250. The van der Waals surface area contributed by atoms with Gasteiger partial charge in [-0.3, -0.25) is 9.48 Å². The van der Waals surface area contributed by atoms with Gasteiger partial charge in [0.15, 0.2) is 5.78 Å². The zero-order valence-electron chi connectivity index (χ0n) is 12.5.